The SMILES string of the molecule is Cc1ccccc1C1c2ccsc2CCN1C(=O)CN(C(=O)c1ccc(Cl)cc1)C1CC1. The van der Waals surface area contributed by atoms with E-state index in [1.807, 2.05) is 17.0 Å². The summed E-state index contributed by atoms with van der Waals surface area (Å²) in [6, 6.07) is 17.4. The Bertz CT molecular complexity index is 1150. The fourth-order valence-electron chi connectivity index (χ4n) is 4.56. The number of benzene rings is 2. The number of hydrogen-bond donors (Lipinski definition) is 0. The Morgan fingerprint density at radius 2 is 1.81 bits per heavy atom. The van der Waals surface area contributed by atoms with E-state index in [0.29, 0.717) is 17.1 Å². The highest BCUT2D eigenvalue weighted by atomic mass is 35.5. The zero-order chi connectivity index (χ0) is 22.2. The largest absolute Gasteiger partial charge is 0.330 e. The molecule has 1 aromatic heterocycles. The summed E-state index contributed by atoms with van der Waals surface area (Å²) in [4.78, 5) is 32.0. The number of fused-ring (bicyclic) bond motifs is 1. The number of hydrogen-bond acceptors (Lipinski definition) is 3. The van der Waals surface area contributed by atoms with Crippen LogP contribution in [0.15, 0.2) is 60.0 Å². The van der Waals surface area contributed by atoms with E-state index in [9.17, 15) is 9.59 Å². The third kappa shape index (κ3) is 4.07. The summed E-state index contributed by atoms with van der Waals surface area (Å²) in [6.07, 6.45) is 2.75. The number of amides is 2. The minimum atomic E-state index is -0.106. The van der Waals surface area contributed by atoms with Gasteiger partial charge >= 0.3 is 0 Å². The Labute approximate surface area is 197 Å². The highest BCUT2D eigenvalue weighted by Gasteiger charge is 2.38. The zero-order valence-electron chi connectivity index (χ0n) is 18.0. The molecule has 0 bridgehead atoms. The number of carbonyl (C=O) groups excluding carboxylic acids is 2. The van der Waals surface area contributed by atoms with Crippen LogP contribution in [0, 0.1) is 6.92 Å². The topological polar surface area (TPSA) is 40.6 Å². The molecular weight excluding hydrogens is 440 g/mol. The van der Waals surface area contributed by atoms with Gasteiger partial charge in [-0.2, -0.15) is 0 Å². The van der Waals surface area contributed by atoms with Gasteiger partial charge in [-0.05, 0) is 78.6 Å². The van der Waals surface area contributed by atoms with Gasteiger partial charge < -0.3 is 9.80 Å². The van der Waals surface area contributed by atoms with Crippen LogP contribution in [-0.4, -0.2) is 40.7 Å². The van der Waals surface area contributed by atoms with Crippen molar-refractivity contribution in [2.75, 3.05) is 13.1 Å². The molecule has 1 unspecified atom stereocenters. The second kappa shape index (κ2) is 8.72. The number of thiophene rings is 1. The first kappa shape index (κ1) is 21.2. The van der Waals surface area contributed by atoms with Crippen molar-refractivity contribution < 1.29 is 9.59 Å². The Kier molecular flexibility index (Phi) is 5.78. The van der Waals surface area contributed by atoms with E-state index >= 15 is 0 Å². The number of rotatable bonds is 5. The van der Waals surface area contributed by atoms with Crippen LogP contribution in [0.5, 0.6) is 0 Å². The third-order valence-corrected chi connectivity index (χ3v) is 7.66. The number of carbonyl (C=O) groups is 2. The maximum absolute atomic E-state index is 13.7. The van der Waals surface area contributed by atoms with E-state index in [1.54, 1.807) is 40.5 Å². The van der Waals surface area contributed by atoms with E-state index in [-0.39, 0.29) is 30.4 Å². The van der Waals surface area contributed by atoms with E-state index in [2.05, 4.69) is 30.5 Å². The van der Waals surface area contributed by atoms with Gasteiger partial charge in [0.15, 0.2) is 0 Å². The molecule has 164 valence electrons. The van der Waals surface area contributed by atoms with Gasteiger partial charge in [0.1, 0.15) is 6.54 Å². The molecule has 0 radical (unpaired) electrons. The normalized spacial score (nSPS) is 17.7. The highest BCUT2D eigenvalue weighted by Crippen LogP contribution is 2.39. The monoisotopic (exact) mass is 464 g/mol. The predicted molar refractivity (Wildman–Crippen MR) is 128 cm³/mol. The second-order valence-electron chi connectivity index (χ2n) is 8.57. The summed E-state index contributed by atoms with van der Waals surface area (Å²) in [5.41, 5.74) is 4.11. The fourth-order valence-corrected chi connectivity index (χ4v) is 5.59. The second-order valence-corrected chi connectivity index (χ2v) is 10.0. The molecule has 1 aliphatic carbocycles. The van der Waals surface area contributed by atoms with Crippen LogP contribution in [0.25, 0.3) is 0 Å². The van der Waals surface area contributed by atoms with Gasteiger partial charge in [0.2, 0.25) is 5.91 Å². The van der Waals surface area contributed by atoms with Crippen LogP contribution in [-0.2, 0) is 11.2 Å². The standard InChI is InChI=1S/C26H25ClN2O2S/c1-17-4-2-3-5-21(17)25-22-13-15-32-23(22)12-14-28(25)24(30)16-29(20-10-11-20)26(31)18-6-8-19(27)9-7-18/h2-9,13,15,20,25H,10-12,14,16H2,1H3. The van der Waals surface area contributed by atoms with E-state index in [1.165, 1.54) is 16.0 Å². The highest BCUT2D eigenvalue weighted by molar-refractivity contribution is 7.10. The van der Waals surface area contributed by atoms with Crippen LogP contribution < -0.4 is 0 Å². The number of aryl methyl sites for hydroxylation is 1. The summed E-state index contributed by atoms with van der Waals surface area (Å²) in [5, 5.41) is 2.71. The van der Waals surface area contributed by atoms with E-state index < -0.39 is 0 Å². The Morgan fingerprint density at radius 1 is 1.06 bits per heavy atom. The Balaban J connectivity index is 1.43. The maximum atomic E-state index is 13.7. The van der Waals surface area contributed by atoms with E-state index in [4.69, 9.17) is 11.6 Å². The molecule has 32 heavy (non-hydrogen) atoms. The van der Waals surface area contributed by atoms with Crippen LogP contribution in [0.2, 0.25) is 5.02 Å². The Morgan fingerprint density at radius 3 is 2.53 bits per heavy atom. The lowest BCUT2D eigenvalue weighted by Gasteiger charge is -2.38. The molecule has 0 saturated heterocycles. The van der Waals surface area contributed by atoms with Gasteiger partial charge in [-0.15, -0.1) is 11.3 Å². The summed E-state index contributed by atoms with van der Waals surface area (Å²) in [5.74, 6) is -0.0949. The van der Waals surface area contributed by atoms with Crippen LogP contribution in [0.3, 0.4) is 0 Å². The molecule has 2 heterocycles. The Hall–Kier alpha value is -2.63. The molecule has 1 saturated carbocycles. The summed E-state index contributed by atoms with van der Waals surface area (Å²) in [6.45, 7) is 2.87. The van der Waals surface area contributed by atoms with Crippen molar-refractivity contribution in [2.24, 2.45) is 0 Å². The average molecular weight is 465 g/mol. The van der Waals surface area contributed by atoms with Crippen molar-refractivity contribution in [2.45, 2.75) is 38.3 Å². The average Bonchev–Trinajstić information content (AvgIpc) is 3.53. The third-order valence-electron chi connectivity index (χ3n) is 6.41. The lowest BCUT2D eigenvalue weighted by molar-refractivity contribution is -0.134. The molecule has 5 rings (SSSR count). The van der Waals surface area contributed by atoms with Gasteiger partial charge in [-0.1, -0.05) is 35.9 Å². The predicted octanol–water partition coefficient (Wildman–Crippen LogP) is 5.49. The molecule has 0 N–H and O–H groups in total. The first-order valence-corrected chi connectivity index (χ1v) is 12.3. The van der Waals surface area contributed by atoms with Crippen molar-refractivity contribution in [3.8, 4) is 0 Å². The van der Waals surface area contributed by atoms with Gasteiger partial charge in [-0.25, -0.2) is 0 Å². The first-order chi connectivity index (χ1) is 15.5. The molecular formula is C26H25ClN2O2S. The molecule has 2 amide bonds. The minimum Gasteiger partial charge on any atom is -0.330 e. The van der Waals surface area contributed by atoms with Crippen molar-refractivity contribution >= 4 is 34.8 Å². The zero-order valence-corrected chi connectivity index (χ0v) is 19.5. The van der Waals surface area contributed by atoms with Gasteiger partial charge in [0.25, 0.3) is 5.91 Å². The van der Waals surface area contributed by atoms with Crippen molar-refractivity contribution in [3.63, 3.8) is 0 Å². The summed E-state index contributed by atoms with van der Waals surface area (Å²) < 4.78 is 0. The smallest absolute Gasteiger partial charge is 0.254 e. The molecule has 1 atom stereocenters. The van der Waals surface area contributed by atoms with Crippen molar-refractivity contribution in [1.29, 1.82) is 0 Å². The number of halogens is 1. The molecule has 6 heteroatoms. The molecule has 2 aliphatic rings. The van der Waals surface area contributed by atoms with Crippen molar-refractivity contribution in [1.82, 2.24) is 9.80 Å². The summed E-state index contributed by atoms with van der Waals surface area (Å²) in [7, 11) is 0. The maximum Gasteiger partial charge on any atom is 0.254 e. The molecule has 2 aromatic carbocycles. The molecule has 1 fully saturated rings. The van der Waals surface area contributed by atoms with Crippen LogP contribution in [0.1, 0.15) is 50.8 Å². The lowest BCUT2D eigenvalue weighted by atomic mass is 9.90. The lowest BCUT2D eigenvalue weighted by Crippen LogP contribution is -2.47. The fraction of sp³-hybridized carbons (Fsp3) is 0.308. The van der Waals surface area contributed by atoms with Crippen LogP contribution in [0.4, 0.5) is 0 Å². The quantitative estimate of drug-likeness (QED) is 0.501. The van der Waals surface area contributed by atoms with Gasteiger partial charge in [0.05, 0.1) is 6.04 Å². The minimum absolute atomic E-state index is 0.00400. The van der Waals surface area contributed by atoms with Gasteiger partial charge in [-0.3, -0.25) is 9.59 Å². The van der Waals surface area contributed by atoms with Crippen molar-refractivity contribution in [3.05, 3.63) is 92.1 Å². The van der Waals surface area contributed by atoms with E-state index in [0.717, 1.165) is 24.8 Å². The molecule has 4 nitrogen and oxygen atoms in total. The van der Waals surface area contributed by atoms with Crippen LogP contribution >= 0.6 is 22.9 Å². The summed E-state index contributed by atoms with van der Waals surface area (Å²) >= 11 is 7.75. The van der Waals surface area contributed by atoms with Gasteiger partial charge in [0, 0.05) is 28.0 Å². The molecule has 3 aromatic rings. The molecule has 0 spiro atoms. The molecule has 1 aliphatic heterocycles. The number of nitrogens with zero attached hydrogens (tertiary/aromatic N) is 2. The first-order valence-electron chi connectivity index (χ1n) is 11.0.